The van der Waals surface area contributed by atoms with Gasteiger partial charge in [-0.15, -0.1) is 12.4 Å². The molecule has 68 valence electrons. The first-order chi connectivity index (χ1) is 5.24. The van der Waals surface area contributed by atoms with Crippen LogP contribution in [0.15, 0.2) is 18.2 Å². The molecule has 0 bridgehead atoms. The number of halogens is 2. The summed E-state index contributed by atoms with van der Waals surface area (Å²) >= 11 is 0. The number of nitrogens with two attached hydrogens (primary N) is 1. The van der Waals surface area contributed by atoms with Crippen molar-refractivity contribution in [2.45, 2.75) is 13.3 Å². The zero-order chi connectivity index (χ0) is 8.27. The van der Waals surface area contributed by atoms with E-state index < -0.39 is 0 Å². The number of aryl methyl sites for hydroxylation is 1. The lowest BCUT2D eigenvalue weighted by atomic mass is 10.1. The fourth-order valence-electron chi connectivity index (χ4n) is 1.01. The zero-order valence-corrected chi connectivity index (χ0v) is 7.83. The molecule has 1 nitrogen and oxygen atoms in total. The van der Waals surface area contributed by atoms with Crippen LogP contribution in [0, 0.1) is 12.7 Å². The summed E-state index contributed by atoms with van der Waals surface area (Å²) in [7, 11) is 0. The molecule has 0 aliphatic heterocycles. The first-order valence-corrected chi connectivity index (χ1v) is 3.69. The summed E-state index contributed by atoms with van der Waals surface area (Å²) in [5.41, 5.74) is 6.95. The minimum Gasteiger partial charge on any atom is -0.330 e. The molecule has 0 saturated heterocycles. The molecule has 1 aromatic carbocycles. The Morgan fingerprint density at radius 3 is 2.58 bits per heavy atom. The smallest absolute Gasteiger partial charge is 0.126 e. The highest BCUT2D eigenvalue weighted by atomic mass is 35.5. The molecule has 0 amide bonds. The average molecular weight is 190 g/mol. The van der Waals surface area contributed by atoms with Gasteiger partial charge in [-0.05, 0) is 37.1 Å². The van der Waals surface area contributed by atoms with Crippen LogP contribution < -0.4 is 5.73 Å². The molecule has 3 heteroatoms. The molecule has 0 aliphatic carbocycles. The van der Waals surface area contributed by atoms with E-state index in [2.05, 4.69) is 0 Å². The summed E-state index contributed by atoms with van der Waals surface area (Å²) in [5.74, 6) is -0.143. The van der Waals surface area contributed by atoms with Crippen molar-refractivity contribution >= 4 is 12.4 Å². The lowest BCUT2D eigenvalue weighted by Gasteiger charge is -2.00. The van der Waals surface area contributed by atoms with Gasteiger partial charge in [0, 0.05) is 0 Å². The first kappa shape index (κ1) is 11.4. The van der Waals surface area contributed by atoms with Crippen molar-refractivity contribution < 1.29 is 4.39 Å². The quantitative estimate of drug-likeness (QED) is 0.758. The van der Waals surface area contributed by atoms with Crippen molar-refractivity contribution in [1.29, 1.82) is 0 Å². The predicted octanol–water partition coefficient (Wildman–Crippen LogP) is 2.06. The summed E-state index contributed by atoms with van der Waals surface area (Å²) in [6.07, 6.45) is 0.617. The molecule has 0 radical (unpaired) electrons. The molecule has 2 N–H and O–H groups in total. The van der Waals surface area contributed by atoms with Crippen molar-refractivity contribution in [3.63, 3.8) is 0 Å². The summed E-state index contributed by atoms with van der Waals surface area (Å²) in [6, 6.07) is 5.22. The number of benzene rings is 1. The molecule has 1 aromatic rings. The van der Waals surface area contributed by atoms with Crippen molar-refractivity contribution in [3.8, 4) is 0 Å². The second kappa shape index (κ2) is 5.12. The fourth-order valence-corrected chi connectivity index (χ4v) is 1.01. The fraction of sp³-hybridized carbons (Fsp3) is 0.333. The lowest BCUT2D eigenvalue weighted by molar-refractivity contribution is 0.608. The average Bonchev–Trinajstić information content (AvgIpc) is 1.95. The number of hydrogen-bond acceptors (Lipinski definition) is 1. The van der Waals surface area contributed by atoms with Crippen LogP contribution in [0.4, 0.5) is 4.39 Å². The van der Waals surface area contributed by atoms with E-state index in [4.69, 9.17) is 5.73 Å². The van der Waals surface area contributed by atoms with Crippen molar-refractivity contribution in [3.05, 3.63) is 35.1 Å². The van der Waals surface area contributed by atoms with E-state index in [1.54, 1.807) is 6.07 Å². The molecule has 0 aromatic heterocycles. The monoisotopic (exact) mass is 189 g/mol. The van der Waals surface area contributed by atoms with E-state index in [0.717, 1.165) is 5.56 Å². The topological polar surface area (TPSA) is 26.0 Å². The van der Waals surface area contributed by atoms with Gasteiger partial charge in [-0.25, -0.2) is 4.39 Å². The van der Waals surface area contributed by atoms with E-state index in [0.29, 0.717) is 18.5 Å². The maximum absolute atomic E-state index is 13.0. The Bertz CT molecular complexity index is 250. The molecule has 0 unspecified atom stereocenters. The van der Waals surface area contributed by atoms with Crippen LogP contribution in [-0.4, -0.2) is 6.54 Å². The lowest BCUT2D eigenvalue weighted by Crippen LogP contribution is -2.04. The van der Waals surface area contributed by atoms with Gasteiger partial charge in [-0.2, -0.15) is 0 Å². The standard InChI is InChI=1S/C9H12FN.ClH/c1-7-2-3-8(4-5-11)9(10)6-7;/h2-3,6H,4-5,11H2,1H3;1H. The van der Waals surface area contributed by atoms with Crippen LogP contribution in [0.1, 0.15) is 11.1 Å². The first-order valence-electron chi connectivity index (χ1n) is 3.69. The van der Waals surface area contributed by atoms with Gasteiger partial charge in [0.05, 0.1) is 0 Å². The highest BCUT2D eigenvalue weighted by Crippen LogP contribution is 2.09. The molecule has 0 spiro atoms. The van der Waals surface area contributed by atoms with E-state index >= 15 is 0 Å². The Labute approximate surface area is 78.2 Å². The third-order valence-electron chi connectivity index (χ3n) is 1.62. The largest absolute Gasteiger partial charge is 0.330 e. The second-order valence-corrected chi connectivity index (χ2v) is 2.63. The van der Waals surface area contributed by atoms with E-state index in [1.807, 2.05) is 13.0 Å². The van der Waals surface area contributed by atoms with Crippen LogP contribution in [-0.2, 0) is 6.42 Å². The molecular formula is C9H13ClFN. The molecule has 1 rings (SSSR count). The van der Waals surface area contributed by atoms with Gasteiger partial charge in [0.1, 0.15) is 5.82 Å². The summed E-state index contributed by atoms with van der Waals surface area (Å²) in [6.45, 7) is 2.37. The van der Waals surface area contributed by atoms with E-state index in [1.165, 1.54) is 6.07 Å². The molecule has 0 saturated carbocycles. The number of hydrogen-bond donors (Lipinski definition) is 1. The molecule has 0 aliphatic rings. The van der Waals surface area contributed by atoms with Gasteiger partial charge >= 0.3 is 0 Å². The third-order valence-corrected chi connectivity index (χ3v) is 1.62. The number of rotatable bonds is 2. The van der Waals surface area contributed by atoms with Crippen molar-refractivity contribution in [2.75, 3.05) is 6.54 Å². The molecule has 0 fully saturated rings. The Morgan fingerprint density at radius 2 is 2.08 bits per heavy atom. The van der Waals surface area contributed by atoms with Gasteiger partial charge in [-0.3, -0.25) is 0 Å². The molecule has 0 atom stereocenters. The Morgan fingerprint density at radius 1 is 1.42 bits per heavy atom. The van der Waals surface area contributed by atoms with Crippen LogP contribution in [0.2, 0.25) is 0 Å². The normalized spacial score (nSPS) is 9.25. The van der Waals surface area contributed by atoms with Crippen molar-refractivity contribution in [1.82, 2.24) is 0 Å². The van der Waals surface area contributed by atoms with Crippen LogP contribution in [0.25, 0.3) is 0 Å². The van der Waals surface area contributed by atoms with E-state index in [9.17, 15) is 4.39 Å². The maximum Gasteiger partial charge on any atom is 0.126 e. The third kappa shape index (κ3) is 2.80. The minimum absolute atomic E-state index is 0. The zero-order valence-electron chi connectivity index (χ0n) is 7.01. The minimum atomic E-state index is -0.143. The Hall–Kier alpha value is -0.600. The summed E-state index contributed by atoms with van der Waals surface area (Å²) in [4.78, 5) is 0. The second-order valence-electron chi connectivity index (χ2n) is 2.63. The van der Waals surface area contributed by atoms with Crippen LogP contribution in [0.3, 0.4) is 0 Å². The SMILES string of the molecule is Cc1ccc(CCN)c(F)c1.Cl. The molecule has 0 heterocycles. The van der Waals surface area contributed by atoms with Crippen LogP contribution in [0.5, 0.6) is 0 Å². The maximum atomic E-state index is 13.0. The van der Waals surface area contributed by atoms with Gasteiger partial charge in [0.25, 0.3) is 0 Å². The van der Waals surface area contributed by atoms with Gasteiger partial charge < -0.3 is 5.73 Å². The Balaban J connectivity index is 0.00000121. The van der Waals surface area contributed by atoms with Gasteiger partial charge in [-0.1, -0.05) is 12.1 Å². The van der Waals surface area contributed by atoms with Gasteiger partial charge in [0.2, 0.25) is 0 Å². The summed E-state index contributed by atoms with van der Waals surface area (Å²) in [5, 5.41) is 0. The predicted molar refractivity (Wildman–Crippen MR) is 51.1 cm³/mol. The van der Waals surface area contributed by atoms with Crippen LogP contribution >= 0.6 is 12.4 Å². The highest BCUT2D eigenvalue weighted by molar-refractivity contribution is 5.85. The Kier molecular flexibility index (Phi) is 4.86. The molecule has 12 heavy (non-hydrogen) atoms. The van der Waals surface area contributed by atoms with Gasteiger partial charge in [0.15, 0.2) is 0 Å². The summed E-state index contributed by atoms with van der Waals surface area (Å²) < 4.78 is 13.0. The van der Waals surface area contributed by atoms with Crippen molar-refractivity contribution in [2.24, 2.45) is 5.73 Å². The highest BCUT2D eigenvalue weighted by Gasteiger charge is 1.99. The van der Waals surface area contributed by atoms with E-state index in [-0.39, 0.29) is 18.2 Å². The molecular weight excluding hydrogens is 177 g/mol.